The zero-order valence-corrected chi connectivity index (χ0v) is 8.13. The van der Waals surface area contributed by atoms with Crippen molar-refractivity contribution in [3.63, 3.8) is 0 Å². The van der Waals surface area contributed by atoms with Crippen LogP contribution < -0.4 is 11.3 Å². The molecule has 0 spiro atoms. The van der Waals surface area contributed by atoms with Gasteiger partial charge in [-0.05, 0) is 29.3 Å². The molecule has 0 aliphatic heterocycles. The van der Waals surface area contributed by atoms with Gasteiger partial charge in [0.25, 0.3) is 0 Å². The van der Waals surface area contributed by atoms with E-state index in [2.05, 4.69) is 4.98 Å². The van der Waals surface area contributed by atoms with E-state index in [1.807, 2.05) is 0 Å². The maximum atomic E-state index is 13.0. The van der Waals surface area contributed by atoms with Crippen LogP contribution in [0.5, 0.6) is 0 Å². The van der Waals surface area contributed by atoms with Gasteiger partial charge in [-0.25, -0.2) is 8.78 Å². The Labute approximate surface area is 89.5 Å². The standard InChI is InChI=1S/C11H8F2N2O/c12-8-2-1-6(3-9(8)13)7-4-10(14)15-11(16)5-7/h1-5H,(H3,14,15,16). The lowest BCUT2D eigenvalue weighted by Gasteiger charge is -2.02. The third kappa shape index (κ3) is 1.93. The van der Waals surface area contributed by atoms with Gasteiger partial charge in [-0.2, -0.15) is 0 Å². The van der Waals surface area contributed by atoms with Gasteiger partial charge in [-0.15, -0.1) is 0 Å². The summed E-state index contributed by atoms with van der Waals surface area (Å²) in [6.07, 6.45) is 0. The Bertz CT molecular complexity index is 593. The molecule has 0 saturated heterocycles. The number of H-pyrrole nitrogens is 1. The number of pyridine rings is 1. The van der Waals surface area contributed by atoms with Gasteiger partial charge in [0, 0.05) is 6.07 Å². The van der Waals surface area contributed by atoms with E-state index in [1.54, 1.807) is 0 Å². The van der Waals surface area contributed by atoms with E-state index in [4.69, 9.17) is 5.73 Å². The van der Waals surface area contributed by atoms with Crippen molar-refractivity contribution in [2.45, 2.75) is 0 Å². The lowest BCUT2D eigenvalue weighted by molar-refractivity contribution is 0.509. The number of anilines is 1. The highest BCUT2D eigenvalue weighted by molar-refractivity contribution is 5.65. The molecule has 3 nitrogen and oxygen atoms in total. The highest BCUT2D eigenvalue weighted by Crippen LogP contribution is 2.21. The fraction of sp³-hybridized carbons (Fsp3) is 0. The minimum absolute atomic E-state index is 0.173. The quantitative estimate of drug-likeness (QED) is 0.774. The largest absolute Gasteiger partial charge is 0.385 e. The predicted molar refractivity (Wildman–Crippen MR) is 56.8 cm³/mol. The summed E-state index contributed by atoms with van der Waals surface area (Å²) in [5, 5.41) is 0. The van der Waals surface area contributed by atoms with E-state index in [0.29, 0.717) is 11.1 Å². The SMILES string of the molecule is Nc1cc(-c2ccc(F)c(F)c2)cc(=O)[nH]1. The molecule has 16 heavy (non-hydrogen) atoms. The third-order valence-electron chi connectivity index (χ3n) is 2.12. The van der Waals surface area contributed by atoms with Crippen molar-refractivity contribution in [2.24, 2.45) is 0 Å². The molecular formula is C11H8F2N2O. The number of rotatable bonds is 1. The first-order valence-electron chi connectivity index (χ1n) is 4.51. The number of nitrogens with one attached hydrogen (secondary N) is 1. The summed E-state index contributed by atoms with van der Waals surface area (Å²) >= 11 is 0. The van der Waals surface area contributed by atoms with E-state index >= 15 is 0 Å². The smallest absolute Gasteiger partial charge is 0.250 e. The average molecular weight is 222 g/mol. The van der Waals surface area contributed by atoms with Crippen molar-refractivity contribution in [1.29, 1.82) is 0 Å². The summed E-state index contributed by atoms with van der Waals surface area (Å²) in [5.41, 5.74) is 5.90. The minimum atomic E-state index is -0.962. The molecule has 2 aromatic rings. The summed E-state index contributed by atoms with van der Waals surface area (Å²) in [7, 11) is 0. The Morgan fingerprint density at radius 2 is 1.75 bits per heavy atom. The van der Waals surface area contributed by atoms with Gasteiger partial charge in [-0.1, -0.05) is 6.07 Å². The fourth-order valence-corrected chi connectivity index (χ4v) is 1.41. The second kappa shape index (κ2) is 3.77. The van der Waals surface area contributed by atoms with Gasteiger partial charge in [0.05, 0.1) is 0 Å². The normalized spacial score (nSPS) is 10.4. The number of halogens is 2. The summed E-state index contributed by atoms with van der Waals surface area (Å²) < 4.78 is 25.7. The number of aromatic nitrogens is 1. The molecule has 82 valence electrons. The van der Waals surface area contributed by atoms with E-state index in [-0.39, 0.29) is 11.4 Å². The van der Waals surface area contributed by atoms with Gasteiger partial charge < -0.3 is 10.7 Å². The van der Waals surface area contributed by atoms with Crippen molar-refractivity contribution in [2.75, 3.05) is 5.73 Å². The van der Waals surface area contributed by atoms with Crippen LogP contribution in [0.15, 0.2) is 35.1 Å². The van der Waals surface area contributed by atoms with Crippen LogP contribution >= 0.6 is 0 Å². The summed E-state index contributed by atoms with van der Waals surface area (Å²) in [6.45, 7) is 0. The first-order valence-corrected chi connectivity index (χ1v) is 4.51. The molecule has 0 bridgehead atoms. The second-order valence-electron chi connectivity index (χ2n) is 3.32. The van der Waals surface area contributed by atoms with Gasteiger partial charge in [-0.3, -0.25) is 4.79 Å². The van der Waals surface area contributed by atoms with Crippen LogP contribution in [-0.4, -0.2) is 4.98 Å². The van der Waals surface area contributed by atoms with Crippen molar-refractivity contribution >= 4 is 5.82 Å². The number of hydrogen-bond donors (Lipinski definition) is 2. The van der Waals surface area contributed by atoms with Gasteiger partial charge in [0.1, 0.15) is 5.82 Å². The summed E-state index contributed by atoms with van der Waals surface area (Å²) in [5.74, 6) is -1.72. The molecule has 0 amide bonds. The molecule has 1 aromatic heterocycles. The molecule has 1 aromatic carbocycles. The van der Waals surface area contributed by atoms with Crippen molar-refractivity contribution in [3.05, 3.63) is 52.3 Å². The van der Waals surface area contributed by atoms with Crippen molar-refractivity contribution in [3.8, 4) is 11.1 Å². The Balaban J connectivity index is 2.58. The Morgan fingerprint density at radius 1 is 1.00 bits per heavy atom. The van der Waals surface area contributed by atoms with Crippen LogP contribution in [0.25, 0.3) is 11.1 Å². The van der Waals surface area contributed by atoms with E-state index in [1.165, 1.54) is 18.2 Å². The first-order chi connectivity index (χ1) is 7.56. The lowest BCUT2D eigenvalue weighted by Crippen LogP contribution is -2.07. The van der Waals surface area contributed by atoms with E-state index in [9.17, 15) is 13.6 Å². The van der Waals surface area contributed by atoms with E-state index < -0.39 is 11.6 Å². The molecule has 3 N–H and O–H groups in total. The van der Waals surface area contributed by atoms with Crippen LogP contribution in [0, 0.1) is 11.6 Å². The molecule has 0 unspecified atom stereocenters. The molecule has 0 aliphatic carbocycles. The zero-order chi connectivity index (χ0) is 11.7. The number of nitrogens with two attached hydrogens (primary N) is 1. The highest BCUT2D eigenvalue weighted by Gasteiger charge is 2.05. The molecule has 5 heteroatoms. The molecule has 0 saturated carbocycles. The molecular weight excluding hydrogens is 214 g/mol. The van der Waals surface area contributed by atoms with Crippen molar-refractivity contribution in [1.82, 2.24) is 4.98 Å². The molecule has 0 atom stereocenters. The molecule has 0 aliphatic rings. The van der Waals surface area contributed by atoms with Crippen molar-refractivity contribution < 1.29 is 8.78 Å². The number of aromatic amines is 1. The Morgan fingerprint density at radius 3 is 2.38 bits per heavy atom. The van der Waals surface area contributed by atoms with Crippen LogP contribution in [-0.2, 0) is 0 Å². The topological polar surface area (TPSA) is 58.9 Å². The molecule has 0 fully saturated rings. The maximum Gasteiger partial charge on any atom is 0.250 e. The van der Waals surface area contributed by atoms with Crippen LogP contribution in [0.1, 0.15) is 0 Å². The van der Waals surface area contributed by atoms with Gasteiger partial charge in [0.2, 0.25) is 5.56 Å². The first kappa shape index (κ1) is 10.4. The number of hydrogen-bond acceptors (Lipinski definition) is 2. The average Bonchev–Trinajstić information content (AvgIpc) is 2.20. The lowest BCUT2D eigenvalue weighted by atomic mass is 10.1. The number of nitrogen functional groups attached to an aromatic ring is 1. The van der Waals surface area contributed by atoms with Crippen LogP contribution in [0.3, 0.4) is 0 Å². The zero-order valence-electron chi connectivity index (χ0n) is 8.13. The third-order valence-corrected chi connectivity index (χ3v) is 2.12. The summed E-state index contributed by atoms with van der Waals surface area (Å²) in [4.78, 5) is 13.5. The molecule has 1 heterocycles. The maximum absolute atomic E-state index is 13.0. The van der Waals surface area contributed by atoms with Gasteiger partial charge in [0.15, 0.2) is 11.6 Å². The monoisotopic (exact) mass is 222 g/mol. The molecule has 0 radical (unpaired) electrons. The van der Waals surface area contributed by atoms with E-state index in [0.717, 1.165) is 12.1 Å². The molecule has 2 rings (SSSR count). The number of benzene rings is 1. The Hall–Kier alpha value is -2.17. The van der Waals surface area contributed by atoms with Crippen LogP contribution in [0.2, 0.25) is 0 Å². The van der Waals surface area contributed by atoms with Crippen LogP contribution in [0.4, 0.5) is 14.6 Å². The highest BCUT2D eigenvalue weighted by atomic mass is 19.2. The summed E-state index contributed by atoms with van der Waals surface area (Å²) in [6, 6.07) is 6.15. The predicted octanol–water partition coefficient (Wildman–Crippen LogP) is 1.90. The fourth-order valence-electron chi connectivity index (χ4n) is 1.41. The Kier molecular flexibility index (Phi) is 2.44. The second-order valence-corrected chi connectivity index (χ2v) is 3.32. The van der Waals surface area contributed by atoms with Gasteiger partial charge >= 0.3 is 0 Å². The minimum Gasteiger partial charge on any atom is -0.385 e.